The zero-order valence-corrected chi connectivity index (χ0v) is 18.5. The van der Waals surface area contributed by atoms with Crippen LogP contribution in [0.3, 0.4) is 0 Å². The van der Waals surface area contributed by atoms with Gasteiger partial charge in [0.1, 0.15) is 10.6 Å². The zero-order chi connectivity index (χ0) is 19.8. The van der Waals surface area contributed by atoms with Crippen LogP contribution >= 0.6 is 38.6 Å². The summed E-state index contributed by atoms with van der Waals surface area (Å²) in [6, 6.07) is 16.4. The van der Waals surface area contributed by atoms with Crippen LogP contribution in [0.15, 0.2) is 79.4 Å². The lowest BCUT2D eigenvalue weighted by Gasteiger charge is -2.03. The van der Waals surface area contributed by atoms with Gasteiger partial charge in [-0.05, 0) is 31.2 Å². The normalized spacial score (nSPS) is 12.0. The minimum absolute atomic E-state index is 0.513. The van der Waals surface area contributed by atoms with Crippen molar-refractivity contribution in [1.29, 1.82) is 0 Å². The summed E-state index contributed by atoms with van der Waals surface area (Å²) >= 11 is 6.59. The first-order chi connectivity index (χ1) is 14.2. The highest BCUT2D eigenvalue weighted by Crippen LogP contribution is 2.30. The maximum absolute atomic E-state index is 6.15. The Morgan fingerprint density at radius 1 is 1.03 bits per heavy atom. The van der Waals surface area contributed by atoms with E-state index in [1.165, 1.54) is 16.9 Å². The molecule has 0 atom stereocenters. The van der Waals surface area contributed by atoms with E-state index in [4.69, 9.17) is 9.40 Å². The molecule has 0 saturated carbocycles. The Morgan fingerprint density at radius 3 is 2.69 bits per heavy atom. The Bertz CT molecular complexity index is 1370. The third-order valence-corrected chi connectivity index (χ3v) is 6.44. The Balaban J connectivity index is 1.70. The van der Waals surface area contributed by atoms with Crippen LogP contribution in [0, 0.1) is 6.92 Å². The van der Waals surface area contributed by atoms with E-state index in [2.05, 4.69) is 68.5 Å². The van der Waals surface area contributed by atoms with Crippen LogP contribution in [-0.2, 0) is 0 Å². The molecule has 4 nitrogen and oxygen atoms in total. The fraction of sp³-hybridized carbons (Fsp3) is 0.0455. The van der Waals surface area contributed by atoms with Gasteiger partial charge in [0.25, 0.3) is 0 Å². The van der Waals surface area contributed by atoms with Crippen molar-refractivity contribution >= 4 is 54.7 Å². The second kappa shape index (κ2) is 7.67. The van der Waals surface area contributed by atoms with Crippen molar-refractivity contribution in [3.63, 3.8) is 0 Å². The number of hydrogen-bond acceptors (Lipinski definition) is 6. The average Bonchev–Trinajstić information content (AvgIpc) is 3.40. The molecule has 0 radical (unpaired) electrons. The van der Waals surface area contributed by atoms with Gasteiger partial charge in [0.15, 0.2) is 0 Å². The Kier molecular flexibility index (Phi) is 4.87. The predicted molar refractivity (Wildman–Crippen MR) is 123 cm³/mol. The van der Waals surface area contributed by atoms with Gasteiger partial charge in [0, 0.05) is 32.4 Å². The van der Waals surface area contributed by atoms with Crippen molar-refractivity contribution in [2.75, 3.05) is 0 Å². The van der Waals surface area contributed by atoms with Gasteiger partial charge in [-0.15, -0.1) is 22.7 Å². The first kappa shape index (κ1) is 18.4. The largest absolute Gasteiger partial charge is 0.438 e. The summed E-state index contributed by atoms with van der Waals surface area (Å²) in [6.45, 7) is 2.08. The van der Waals surface area contributed by atoms with Gasteiger partial charge in [0.2, 0.25) is 10.7 Å². The van der Waals surface area contributed by atoms with E-state index in [0.29, 0.717) is 10.7 Å². The first-order valence-corrected chi connectivity index (χ1v) is 11.4. The maximum Gasteiger partial charge on any atom is 0.232 e. The number of nitrogens with zero attached hydrogens (tertiary/aromatic N) is 3. The summed E-state index contributed by atoms with van der Waals surface area (Å²) in [7, 11) is 0. The third-order valence-electron chi connectivity index (χ3n) is 4.41. The molecule has 0 aliphatic heterocycles. The molecule has 142 valence electrons. The summed E-state index contributed by atoms with van der Waals surface area (Å²) in [5, 5.41) is 6.47. The van der Waals surface area contributed by atoms with Crippen LogP contribution in [0.2, 0.25) is 0 Å². The molecular formula is C22H14BrN3OS2. The van der Waals surface area contributed by atoms with Crippen molar-refractivity contribution < 1.29 is 4.42 Å². The van der Waals surface area contributed by atoms with Crippen molar-refractivity contribution in [3.8, 4) is 21.8 Å². The molecule has 0 saturated heterocycles. The molecule has 0 aliphatic rings. The number of aromatic nitrogens is 2. The number of halogens is 1. The summed E-state index contributed by atoms with van der Waals surface area (Å²) in [5.41, 5.74) is 5.40. The summed E-state index contributed by atoms with van der Waals surface area (Å²) < 4.78 is 7.15. The van der Waals surface area contributed by atoms with Crippen molar-refractivity contribution in [2.45, 2.75) is 6.92 Å². The fourth-order valence-electron chi connectivity index (χ4n) is 2.95. The number of hydrogen-bond donors (Lipinski definition) is 0. The minimum atomic E-state index is 0.513. The van der Waals surface area contributed by atoms with E-state index in [9.17, 15) is 0 Å². The minimum Gasteiger partial charge on any atom is -0.438 e. The molecule has 3 heterocycles. The molecule has 5 rings (SSSR count). The first-order valence-electron chi connectivity index (χ1n) is 8.86. The van der Waals surface area contributed by atoms with E-state index in [-0.39, 0.29) is 0 Å². The van der Waals surface area contributed by atoms with E-state index in [1.807, 2.05) is 23.6 Å². The lowest BCUT2D eigenvalue weighted by Crippen LogP contribution is -2.05. The zero-order valence-electron chi connectivity index (χ0n) is 15.3. The van der Waals surface area contributed by atoms with Gasteiger partial charge in [-0.3, -0.25) is 0 Å². The van der Waals surface area contributed by atoms with Crippen molar-refractivity contribution in [2.24, 2.45) is 4.99 Å². The Labute approximate surface area is 183 Å². The molecule has 0 unspecified atom stereocenters. The number of fused-ring (bicyclic) bond motifs is 1. The summed E-state index contributed by atoms with van der Waals surface area (Å²) in [6.07, 6.45) is 1.74. The molecule has 0 bridgehead atoms. The molecule has 0 aliphatic carbocycles. The number of aryl methyl sites for hydroxylation is 1. The molecular weight excluding hydrogens is 466 g/mol. The third kappa shape index (κ3) is 3.81. The Morgan fingerprint density at radius 2 is 1.90 bits per heavy atom. The standard InChI is InChI=1S/C22H14BrN3OS2/c1-13-2-4-14(5-3-13)18-12-29-21(25-18)17-11-15-10-16(23)6-7-19(15)27-20(17)26-22-24-8-9-28-22/h2-12H,1H3/b26-20-. The van der Waals surface area contributed by atoms with Gasteiger partial charge >= 0.3 is 0 Å². The van der Waals surface area contributed by atoms with Crippen molar-refractivity contribution in [3.05, 3.63) is 81.1 Å². The van der Waals surface area contributed by atoms with E-state index < -0.39 is 0 Å². The molecule has 29 heavy (non-hydrogen) atoms. The van der Waals surface area contributed by atoms with E-state index >= 15 is 0 Å². The van der Waals surface area contributed by atoms with Crippen LogP contribution in [0.25, 0.3) is 32.8 Å². The van der Waals surface area contributed by atoms with Gasteiger partial charge in [-0.2, -0.15) is 4.99 Å². The second-order valence-corrected chi connectivity index (χ2v) is 9.12. The molecule has 0 spiro atoms. The quantitative estimate of drug-likeness (QED) is 0.280. The molecule has 5 aromatic rings. The molecule has 7 heteroatoms. The lowest BCUT2D eigenvalue weighted by atomic mass is 10.1. The molecule has 0 N–H and O–H groups in total. The average molecular weight is 480 g/mol. The molecule has 2 aromatic carbocycles. The molecule has 0 fully saturated rings. The smallest absolute Gasteiger partial charge is 0.232 e. The monoisotopic (exact) mass is 479 g/mol. The maximum atomic E-state index is 6.15. The van der Waals surface area contributed by atoms with Crippen LogP contribution in [0.4, 0.5) is 5.13 Å². The summed E-state index contributed by atoms with van der Waals surface area (Å²) in [4.78, 5) is 13.8. The highest BCUT2D eigenvalue weighted by atomic mass is 79.9. The highest BCUT2D eigenvalue weighted by molar-refractivity contribution is 9.10. The lowest BCUT2D eigenvalue weighted by molar-refractivity contribution is 0.547. The van der Waals surface area contributed by atoms with Gasteiger partial charge < -0.3 is 4.42 Å². The number of benzene rings is 2. The fourth-order valence-corrected chi connectivity index (χ4v) is 4.67. The SMILES string of the molecule is Cc1ccc(-c2csc(-c3cc4cc(Br)ccc4o/c3=N\c3nccs3)n2)cc1. The predicted octanol–water partition coefficient (Wildman–Crippen LogP) is 6.98. The van der Waals surface area contributed by atoms with Gasteiger partial charge in [-0.25, -0.2) is 9.97 Å². The Hall–Kier alpha value is -2.61. The van der Waals surface area contributed by atoms with Crippen LogP contribution < -0.4 is 5.55 Å². The molecule has 3 aromatic heterocycles. The highest BCUT2D eigenvalue weighted by Gasteiger charge is 2.13. The van der Waals surface area contributed by atoms with Gasteiger partial charge in [-0.1, -0.05) is 45.8 Å². The van der Waals surface area contributed by atoms with Crippen LogP contribution in [0.5, 0.6) is 0 Å². The van der Waals surface area contributed by atoms with Crippen LogP contribution in [0.1, 0.15) is 5.56 Å². The van der Waals surface area contributed by atoms with E-state index in [0.717, 1.165) is 37.3 Å². The number of rotatable bonds is 3. The topological polar surface area (TPSA) is 51.3 Å². The van der Waals surface area contributed by atoms with Gasteiger partial charge in [0.05, 0.1) is 11.3 Å². The van der Waals surface area contributed by atoms with Crippen molar-refractivity contribution in [1.82, 2.24) is 9.97 Å². The summed E-state index contributed by atoms with van der Waals surface area (Å²) in [5.74, 6) is 0. The van der Waals surface area contributed by atoms with E-state index in [1.54, 1.807) is 17.5 Å². The number of thiazole rings is 2. The second-order valence-electron chi connectivity index (χ2n) is 6.48. The van der Waals surface area contributed by atoms with Crippen LogP contribution in [-0.4, -0.2) is 9.97 Å². The molecule has 0 amide bonds.